The van der Waals surface area contributed by atoms with Gasteiger partial charge in [-0.15, -0.1) is 0 Å². The van der Waals surface area contributed by atoms with Gasteiger partial charge in [0.25, 0.3) is 0 Å². The van der Waals surface area contributed by atoms with Gasteiger partial charge in [0.15, 0.2) is 18.0 Å². The summed E-state index contributed by atoms with van der Waals surface area (Å²) in [5, 5.41) is 10.2. The van der Waals surface area contributed by atoms with Gasteiger partial charge < -0.3 is 19.2 Å². The van der Waals surface area contributed by atoms with Crippen molar-refractivity contribution in [3.05, 3.63) is 12.2 Å². The SMILES string of the molecule is CCCCCCCC/C=C\CCCCCCCC(=O)O[C@@H](CO)C(OP(=O)(O)OCC[N+](C)(C)C)C(=O)CCCCCCCCCCCCCCCCC. The van der Waals surface area contributed by atoms with Gasteiger partial charge in [-0.25, -0.2) is 4.57 Å². The standard InChI is InChI=1S/C44H86NO8P/c1-6-8-10-12-14-16-18-20-22-24-26-28-30-32-34-36-41(47)44(53-54(49,50)51-39-38-45(3,4)5)42(40-46)52-43(48)37-35-33-31-29-27-25-23-21-19-17-15-13-11-9-7-2/h21,23,42,44,46H,6-20,22,24-40H2,1-5H3/p+1/b23-21-/t42-,44?/m0/s1. The molecule has 3 atom stereocenters. The maximum atomic E-state index is 13.4. The number of carbonyl (C=O) groups is 2. The molecule has 0 spiro atoms. The molecule has 0 bridgehead atoms. The molecule has 9 nitrogen and oxygen atoms in total. The minimum atomic E-state index is -4.67. The van der Waals surface area contributed by atoms with Gasteiger partial charge in [0.1, 0.15) is 13.2 Å². The maximum absolute atomic E-state index is 13.4. The van der Waals surface area contributed by atoms with Gasteiger partial charge in [0, 0.05) is 12.8 Å². The quantitative estimate of drug-likeness (QED) is 0.0207. The lowest BCUT2D eigenvalue weighted by Crippen LogP contribution is -2.42. The lowest BCUT2D eigenvalue weighted by atomic mass is 10.0. The van der Waals surface area contributed by atoms with E-state index in [0.29, 0.717) is 23.9 Å². The number of ether oxygens (including phenoxy) is 1. The van der Waals surface area contributed by atoms with Crippen LogP contribution in [-0.4, -0.2) is 79.3 Å². The van der Waals surface area contributed by atoms with Crippen molar-refractivity contribution in [2.45, 2.75) is 219 Å². The van der Waals surface area contributed by atoms with E-state index < -0.39 is 38.4 Å². The van der Waals surface area contributed by atoms with Crippen molar-refractivity contribution < 1.29 is 42.4 Å². The highest BCUT2D eigenvalue weighted by Gasteiger charge is 2.38. The Kier molecular flexibility index (Phi) is 35.5. The number of allylic oxidation sites excluding steroid dienone is 2. The van der Waals surface area contributed by atoms with Gasteiger partial charge in [-0.2, -0.15) is 0 Å². The lowest BCUT2D eigenvalue weighted by Gasteiger charge is -2.27. The van der Waals surface area contributed by atoms with E-state index in [2.05, 4.69) is 26.0 Å². The van der Waals surface area contributed by atoms with E-state index in [9.17, 15) is 24.2 Å². The Bertz CT molecular complexity index is 953. The Hall–Kier alpha value is -1.09. The summed E-state index contributed by atoms with van der Waals surface area (Å²) in [5.41, 5.74) is 0. The van der Waals surface area contributed by atoms with Gasteiger partial charge >= 0.3 is 13.8 Å². The first kappa shape index (κ1) is 52.9. The van der Waals surface area contributed by atoms with Crippen molar-refractivity contribution in [3.8, 4) is 0 Å². The number of ketones is 1. The van der Waals surface area contributed by atoms with Crippen LogP contribution in [0.1, 0.15) is 206 Å². The number of quaternary nitrogens is 1. The molecule has 0 aliphatic heterocycles. The van der Waals surface area contributed by atoms with Gasteiger partial charge in [-0.1, -0.05) is 167 Å². The highest BCUT2D eigenvalue weighted by Crippen LogP contribution is 2.45. The average Bonchev–Trinajstić information content (AvgIpc) is 3.12. The van der Waals surface area contributed by atoms with Gasteiger partial charge in [-0.3, -0.25) is 18.6 Å². The maximum Gasteiger partial charge on any atom is 0.473 e. The Morgan fingerprint density at radius 3 is 1.41 bits per heavy atom. The van der Waals surface area contributed by atoms with E-state index in [1.807, 2.05) is 21.1 Å². The van der Waals surface area contributed by atoms with Gasteiger partial charge in [-0.05, 0) is 38.5 Å². The number of phosphoric acid groups is 1. The zero-order valence-electron chi connectivity index (χ0n) is 35.9. The van der Waals surface area contributed by atoms with Crippen LogP contribution in [0.5, 0.6) is 0 Å². The second-order valence-electron chi connectivity index (χ2n) is 16.6. The van der Waals surface area contributed by atoms with Crippen molar-refractivity contribution in [2.24, 2.45) is 0 Å². The number of nitrogens with zero attached hydrogens (tertiary/aromatic N) is 1. The number of unbranched alkanes of at least 4 members (excludes halogenated alkanes) is 25. The number of rotatable bonds is 41. The van der Waals surface area contributed by atoms with Gasteiger partial charge in [0.05, 0.1) is 27.7 Å². The molecule has 0 aromatic rings. The summed E-state index contributed by atoms with van der Waals surface area (Å²) in [5.74, 6) is -1.03. The zero-order valence-corrected chi connectivity index (χ0v) is 36.8. The van der Waals surface area contributed by atoms with Crippen LogP contribution in [0.25, 0.3) is 0 Å². The third-order valence-corrected chi connectivity index (χ3v) is 11.1. The summed E-state index contributed by atoms with van der Waals surface area (Å²) in [7, 11) is 1.11. The second kappa shape index (κ2) is 36.3. The largest absolute Gasteiger partial charge is 0.473 e. The predicted molar refractivity (Wildman–Crippen MR) is 225 cm³/mol. The molecule has 0 heterocycles. The summed E-state index contributed by atoms with van der Waals surface area (Å²) in [4.78, 5) is 36.6. The lowest BCUT2D eigenvalue weighted by molar-refractivity contribution is -0.870. The molecule has 0 radical (unpaired) electrons. The molecule has 54 heavy (non-hydrogen) atoms. The fraction of sp³-hybridized carbons (Fsp3) is 0.909. The third kappa shape index (κ3) is 35.3. The van der Waals surface area contributed by atoms with E-state index in [0.717, 1.165) is 51.4 Å². The minimum Gasteiger partial charge on any atom is -0.457 e. The van der Waals surface area contributed by atoms with Crippen LogP contribution in [0, 0.1) is 0 Å². The Labute approximate surface area is 333 Å². The molecule has 320 valence electrons. The Morgan fingerprint density at radius 1 is 0.611 bits per heavy atom. The smallest absolute Gasteiger partial charge is 0.457 e. The van der Waals surface area contributed by atoms with Crippen molar-refractivity contribution in [3.63, 3.8) is 0 Å². The molecule has 0 aliphatic carbocycles. The molecule has 2 N–H and O–H groups in total. The molecule has 0 aliphatic rings. The fourth-order valence-corrected chi connectivity index (χ4v) is 7.43. The van der Waals surface area contributed by atoms with Crippen LogP contribution >= 0.6 is 7.82 Å². The molecular weight excluding hydrogens is 701 g/mol. The summed E-state index contributed by atoms with van der Waals surface area (Å²) >= 11 is 0. The van der Waals surface area contributed by atoms with Gasteiger partial charge in [0.2, 0.25) is 0 Å². The number of carbonyl (C=O) groups excluding carboxylic acids is 2. The topological polar surface area (TPSA) is 119 Å². The molecule has 0 aromatic carbocycles. The number of likely N-dealkylation sites (N-methyl/N-ethyl adjacent to an activating group) is 1. The van der Waals surface area contributed by atoms with Crippen LogP contribution in [-0.2, 0) is 27.9 Å². The summed E-state index contributed by atoms with van der Waals surface area (Å²) in [6.07, 6.45) is 34.9. The minimum absolute atomic E-state index is 0.0592. The van der Waals surface area contributed by atoms with E-state index in [1.54, 1.807) is 0 Å². The third-order valence-electron chi connectivity index (χ3n) is 10.1. The highest BCUT2D eigenvalue weighted by molar-refractivity contribution is 7.47. The fourth-order valence-electron chi connectivity index (χ4n) is 6.51. The molecule has 0 amide bonds. The molecule has 10 heteroatoms. The molecule has 0 saturated carbocycles. The number of aliphatic hydroxyl groups excluding tert-OH is 1. The van der Waals surface area contributed by atoms with Crippen LogP contribution in [0.3, 0.4) is 0 Å². The number of hydrogen-bond acceptors (Lipinski definition) is 7. The predicted octanol–water partition coefficient (Wildman–Crippen LogP) is 12.0. The molecule has 0 aromatic heterocycles. The number of esters is 1. The Morgan fingerprint density at radius 2 is 1.00 bits per heavy atom. The van der Waals surface area contributed by atoms with Crippen LogP contribution < -0.4 is 0 Å². The molecule has 0 saturated heterocycles. The van der Waals surface area contributed by atoms with E-state index in [4.69, 9.17) is 13.8 Å². The number of phosphoric ester groups is 1. The van der Waals surface area contributed by atoms with Crippen molar-refractivity contribution in [1.82, 2.24) is 0 Å². The second-order valence-corrected chi connectivity index (χ2v) is 18.0. The monoisotopic (exact) mass is 789 g/mol. The van der Waals surface area contributed by atoms with Crippen LogP contribution in [0.15, 0.2) is 12.2 Å². The van der Waals surface area contributed by atoms with Crippen LogP contribution in [0.4, 0.5) is 0 Å². The van der Waals surface area contributed by atoms with E-state index >= 15 is 0 Å². The Balaban J connectivity index is 4.62. The highest BCUT2D eigenvalue weighted by atomic mass is 31.2. The normalized spacial score (nSPS) is 14.4. The zero-order chi connectivity index (χ0) is 40.2. The number of aliphatic hydroxyl groups is 1. The molecule has 2 unspecified atom stereocenters. The number of hydrogen-bond donors (Lipinski definition) is 2. The first-order valence-electron chi connectivity index (χ1n) is 22.4. The van der Waals surface area contributed by atoms with Crippen LogP contribution in [0.2, 0.25) is 0 Å². The first-order valence-corrected chi connectivity index (χ1v) is 23.9. The molecular formula is C44H87NO8P+. The molecule has 0 rings (SSSR count). The summed E-state index contributed by atoms with van der Waals surface area (Å²) in [6.45, 7) is 4.18. The van der Waals surface area contributed by atoms with Crippen molar-refractivity contribution in [2.75, 3.05) is 40.9 Å². The van der Waals surface area contributed by atoms with E-state index in [-0.39, 0.29) is 19.4 Å². The molecule has 0 fully saturated rings. The first-order chi connectivity index (χ1) is 26.0. The van der Waals surface area contributed by atoms with Crippen molar-refractivity contribution in [1.29, 1.82) is 0 Å². The number of Topliss-reactive ketones (excluding diaryl/α,β-unsaturated/α-hetero) is 1. The summed E-state index contributed by atoms with van der Waals surface area (Å²) in [6, 6.07) is 0. The average molecular weight is 789 g/mol. The van der Waals surface area contributed by atoms with E-state index in [1.165, 1.54) is 116 Å². The summed E-state index contributed by atoms with van der Waals surface area (Å²) < 4.78 is 29.4. The van der Waals surface area contributed by atoms with Crippen molar-refractivity contribution >= 4 is 19.6 Å².